The summed E-state index contributed by atoms with van der Waals surface area (Å²) in [4.78, 5) is 26.8. The zero-order valence-electron chi connectivity index (χ0n) is 14.0. The van der Waals surface area contributed by atoms with Gasteiger partial charge in [0, 0.05) is 12.3 Å². The van der Waals surface area contributed by atoms with Crippen molar-refractivity contribution in [3.63, 3.8) is 0 Å². The number of carbonyl (C=O) groups excluding carboxylic acids is 2. The van der Waals surface area contributed by atoms with Crippen molar-refractivity contribution in [1.29, 1.82) is 0 Å². The third-order valence-corrected chi connectivity index (χ3v) is 5.73. The second-order valence-electron chi connectivity index (χ2n) is 7.15. The van der Waals surface area contributed by atoms with E-state index in [4.69, 9.17) is 4.74 Å². The van der Waals surface area contributed by atoms with Crippen LogP contribution in [0.5, 0.6) is 0 Å². The van der Waals surface area contributed by atoms with Crippen molar-refractivity contribution in [1.82, 2.24) is 9.78 Å². The monoisotopic (exact) mass is 337 g/mol. The molecule has 25 heavy (non-hydrogen) atoms. The maximum Gasteiger partial charge on any atom is 0.241 e. The Balaban J connectivity index is 1.41. The fourth-order valence-corrected chi connectivity index (χ4v) is 4.46. The molecule has 6 heteroatoms. The van der Waals surface area contributed by atoms with Crippen molar-refractivity contribution in [2.75, 3.05) is 4.90 Å². The molecule has 3 saturated heterocycles. The van der Waals surface area contributed by atoms with Crippen molar-refractivity contribution < 1.29 is 14.3 Å². The highest BCUT2D eigenvalue weighted by Gasteiger charge is 2.63. The van der Waals surface area contributed by atoms with E-state index in [-0.39, 0.29) is 35.9 Å². The quantitative estimate of drug-likeness (QED) is 0.803. The first-order valence-corrected chi connectivity index (χ1v) is 8.75. The maximum atomic E-state index is 12.8. The summed E-state index contributed by atoms with van der Waals surface area (Å²) in [7, 11) is 0. The fourth-order valence-electron chi connectivity index (χ4n) is 4.46. The number of hydrogen-bond donors (Lipinski definition) is 0. The van der Waals surface area contributed by atoms with E-state index in [1.54, 1.807) is 10.7 Å². The van der Waals surface area contributed by atoms with E-state index >= 15 is 0 Å². The first-order valence-electron chi connectivity index (χ1n) is 8.75. The molecule has 3 fully saturated rings. The van der Waals surface area contributed by atoms with Crippen LogP contribution in [0.25, 0.3) is 0 Å². The van der Waals surface area contributed by atoms with Crippen molar-refractivity contribution in [3.8, 4) is 0 Å². The number of fused-ring (bicyclic) bond motifs is 5. The van der Waals surface area contributed by atoms with Gasteiger partial charge in [0.2, 0.25) is 11.8 Å². The van der Waals surface area contributed by atoms with Crippen LogP contribution >= 0.6 is 0 Å². The van der Waals surface area contributed by atoms with Gasteiger partial charge in [0.25, 0.3) is 0 Å². The molecule has 5 rings (SSSR count). The van der Waals surface area contributed by atoms with Crippen molar-refractivity contribution >= 4 is 17.6 Å². The number of ether oxygens (including phenoxy) is 1. The van der Waals surface area contributed by atoms with Gasteiger partial charge in [0.15, 0.2) is 5.82 Å². The molecular weight excluding hydrogens is 318 g/mol. The number of hydrogen-bond acceptors (Lipinski definition) is 4. The molecule has 2 bridgehead atoms. The molecule has 1 aromatic carbocycles. The van der Waals surface area contributed by atoms with Gasteiger partial charge >= 0.3 is 0 Å². The van der Waals surface area contributed by atoms with Crippen LogP contribution in [0.15, 0.2) is 36.5 Å². The molecule has 0 aliphatic carbocycles. The Morgan fingerprint density at radius 2 is 1.76 bits per heavy atom. The minimum Gasteiger partial charge on any atom is -0.373 e. The molecule has 1 aromatic heterocycles. The Labute approximate surface area is 145 Å². The number of benzene rings is 1. The van der Waals surface area contributed by atoms with Gasteiger partial charge in [-0.3, -0.25) is 14.3 Å². The van der Waals surface area contributed by atoms with E-state index in [0.717, 1.165) is 12.8 Å². The van der Waals surface area contributed by atoms with Gasteiger partial charge in [-0.15, -0.1) is 0 Å². The van der Waals surface area contributed by atoms with Crippen LogP contribution < -0.4 is 4.90 Å². The highest BCUT2D eigenvalue weighted by Crippen LogP contribution is 2.49. The number of rotatable bonds is 3. The van der Waals surface area contributed by atoms with E-state index in [1.165, 1.54) is 16.0 Å². The molecule has 0 unspecified atom stereocenters. The summed E-state index contributed by atoms with van der Waals surface area (Å²) in [6.07, 6.45) is 3.39. The molecule has 0 N–H and O–H groups in total. The van der Waals surface area contributed by atoms with Crippen LogP contribution in [0.2, 0.25) is 0 Å². The van der Waals surface area contributed by atoms with Crippen LogP contribution in [0.3, 0.4) is 0 Å². The smallest absolute Gasteiger partial charge is 0.241 e. The molecule has 2 aromatic rings. The number of imide groups is 1. The molecule has 0 radical (unpaired) electrons. The lowest BCUT2D eigenvalue weighted by molar-refractivity contribution is -0.124. The van der Waals surface area contributed by atoms with Crippen LogP contribution in [-0.2, 0) is 20.9 Å². The lowest BCUT2D eigenvalue weighted by Gasteiger charge is -2.15. The summed E-state index contributed by atoms with van der Waals surface area (Å²) in [5, 5.41) is 4.49. The average molecular weight is 337 g/mol. The van der Waals surface area contributed by atoms with Gasteiger partial charge in [-0.25, -0.2) is 4.90 Å². The predicted octanol–water partition coefficient (Wildman–Crippen LogP) is 1.91. The van der Waals surface area contributed by atoms with E-state index in [1.807, 2.05) is 18.3 Å². The number of aromatic nitrogens is 2. The van der Waals surface area contributed by atoms with E-state index < -0.39 is 0 Å². The molecule has 128 valence electrons. The summed E-state index contributed by atoms with van der Waals surface area (Å²) >= 11 is 0. The topological polar surface area (TPSA) is 64.4 Å². The predicted molar refractivity (Wildman–Crippen MR) is 89.9 cm³/mol. The molecule has 0 spiro atoms. The number of aryl methyl sites for hydroxylation is 1. The first kappa shape index (κ1) is 14.8. The van der Waals surface area contributed by atoms with Crippen LogP contribution in [0.1, 0.15) is 24.0 Å². The Morgan fingerprint density at radius 3 is 2.44 bits per heavy atom. The van der Waals surface area contributed by atoms with Gasteiger partial charge < -0.3 is 4.74 Å². The Hall–Kier alpha value is -2.47. The molecule has 3 aliphatic heterocycles. The zero-order valence-corrected chi connectivity index (χ0v) is 14.0. The highest BCUT2D eigenvalue weighted by atomic mass is 16.5. The van der Waals surface area contributed by atoms with Gasteiger partial charge in [-0.2, -0.15) is 5.10 Å². The van der Waals surface area contributed by atoms with Gasteiger partial charge in [0.05, 0.1) is 30.6 Å². The van der Waals surface area contributed by atoms with Gasteiger partial charge in [-0.1, -0.05) is 24.3 Å². The van der Waals surface area contributed by atoms with Crippen LogP contribution in [-0.4, -0.2) is 33.8 Å². The Bertz CT molecular complexity index is 846. The normalized spacial score (nSPS) is 30.4. The molecular formula is C19H19N3O3. The van der Waals surface area contributed by atoms with Crippen molar-refractivity contribution in [2.45, 2.75) is 38.5 Å². The summed E-state index contributed by atoms with van der Waals surface area (Å²) in [5.41, 5.74) is 2.36. The van der Waals surface area contributed by atoms with Crippen LogP contribution in [0, 0.1) is 18.8 Å². The van der Waals surface area contributed by atoms with E-state index in [0.29, 0.717) is 12.4 Å². The number of amides is 2. The lowest BCUT2D eigenvalue weighted by atomic mass is 9.81. The Kier molecular flexibility index (Phi) is 3.12. The number of anilines is 1. The van der Waals surface area contributed by atoms with Crippen molar-refractivity contribution in [2.24, 2.45) is 11.8 Å². The van der Waals surface area contributed by atoms with E-state index in [2.05, 4.69) is 24.2 Å². The fraction of sp³-hybridized carbons (Fsp3) is 0.421. The third kappa shape index (κ3) is 2.10. The van der Waals surface area contributed by atoms with Gasteiger partial charge in [-0.05, 0) is 30.9 Å². The molecule has 3 aliphatic rings. The maximum absolute atomic E-state index is 12.8. The molecule has 2 amide bonds. The number of nitrogens with zero attached hydrogens (tertiary/aromatic N) is 3. The molecule has 6 nitrogen and oxygen atoms in total. The van der Waals surface area contributed by atoms with E-state index in [9.17, 15) is 9.59 Å². The SMILES string of the molecule is Cc1ccccc1Cn1ccc(N2C(=O)[C@@H]3[C@@H](C2=O)[C@H]2CC[C@H]3O2)n1. The summed E-state index contributed by atoms with van der Waals surface area (Å²) in [5.74, 6) is -0.496. The largest absolute Gasteiger partial charge is 0.373 e. The summed E-state index contributed by atoms with van der Waals surface area (Å²) in [6, 6.07) is 9.87. The lowest BCUT2D eigenvalue weighted by Crippen LogP contribution is -2.34. The first-order chi connectivity index (χ1) is 12.1. The standard InChI is InChI=1S/C19H19N3O3/c1-11-4-2-3-5-12(11)10-21-9-8-15(20-21)22-18(23)16-13-6-7-14(25-13)17(16)19(22)24/h2-5,8-9,13-14,16-17H,6-7,10H2,1H3/t13-,14-,16+,17+/m1/s1. The second-order valence-corrected chi connectivity index (χ2v) is 7.15. The molecule has 4 atom stereocenters. The average Bonchev–Trinajstić information content (AvgIpc) is 3.35. The van der Waals surface area contributed by atoms with Crippen molar-refractivity contribution in [3.05, 3.63) is 47.7 Å². The molecule has 0 saturated carbocycles. The minimum atomic E-state index is -0.312. The minimum absolute atomic E-state index is 0.0921. The highest BCUT2D eigenvalue weighted by molar-refractivity contribution is 6.22. The second kappa shape index (κ2) is 5.26. The van der Waals surface area contributed by atoms with Gasteiger partial charge in [0.1, 0.15) is 0 Å². The van der Waals surface area contributed by atoms with Crippen LogP contribution in [0.4, 0.5) is 5.82 Å². The zero-order chi connectivity index (χ0) is 17.1. The number of carbonyl (C=O) groups is 2. The Morgan fingerprint density at radius 1 is 1.08 bits per heavy atom. The summed E-state index contributed by atoms with van der Waals surface area (Å²) in [6.45, 7) is 2.67. The third-order valence-electron chi connectivity index (χ3n) is 5.73. The summed E-state index contributed by atoms with van der Waals surface area (Å²) < 4.78 is 7.54. The molecule has 4 heterocycles.